The topological polar surface area (TPSA) is 31.2 Å². The van der Waals surface area contributed by atoms with Gasteiger partial charge in [0, 0.05) is 22.9 Å². The Labute approximate surface area is 254 Å². The number of rotatable bonds is 5. The van der Waals surface area contributed by atoms with E-state index in [9.17, 15) is 8.78 Å². The standard InChI is InChI=1S/C16H15FN2S2.C15H13FN2S2/c1-2-4-12-14(19-8-7-18-16(19)21-12)13-9-10-5-3-6-11(17)15(10)20-13;1-2-11-13(18-7-6-17-15(18)20-11)12-8-9-4-3-5-10(16)14(9)19-12/h3,5-6,9H,2,4,7-8H2,1H3;3-5,8H,2,6-7H2,1H3. The molecule has 4 aliphatic rings. The van der Waals surface area contributed by atoms with E-state index < -0.39 is 0 Å². The fourth-order valence-electron chi connectivity index (χ4n) is 5.53. The molecule has 0 fully saturated rings. The lowest BCUT2D eigenvalue weighted by Crippen LogP contribution is -2.19. The number of thioether (sulfide) groups is 2. The minimum atomic E-state index is -0.127. The summed E-state index contributed by atoms with van der Waals surface area (Å²) < 4.78 is 29.3. The number of fused-ring (bicyclic) bond motifs is 4. The molecule has 0 N–H and O–H groups in total. The average Bonchev–Trinajstić information content (AvgIpc) is 3.78. The second-order valence-electron chi connectivity index (χ2n) is 10.0. The van der Waals surface area contributed by atoms with E-state index in [0.29, 0.717) is 0 Å². The quantitative estimate of drug-likeness (QED) is 0.222. The van der Waals surface area contributed by atoms with Gasteiger partial charge in [-0.2, -0.15) is 0 Å². The molecule has 4 nitrogen and oxygen atoms in total. The van der Waals surface area contributed by atoms with Crippen LogP contribution in [0.4, 0.5) is 8.78 Å². The molecular formula is C31H28F2N4S4. The first-order valence-electron chi connectivity index (χ1n) is 13.9. The normalized spacial score (nSPS) is 18.0. The number of hydrogen-bond acceptors (Lipinski definition) is 8. The van der Waals surface area contributed by atoms with Crippen molar-refractivity contribution in [1.29, 1.82) is 0 Å². The zero-order valence-corrected chi connectivity index (χ0v) is 26.0. The van der Waals surface area contributed by atoms with Crippen molar-refractivity contribution in [2.75, 3.05) is 26.2 Å². The largest absolute Gasteiger partial charge is 0.317 e. The molecule has 41 heavy (non-hydrogen) atoms. The van der Waals surface area contributed by atoms with Gasteiger partial charge in [-0.3, -0.25) is 9.98 Å². The number of halogens is 2. The molecule has 6 heterocycles. The second kappa shape index (κ2) is 11.2. The highest BCUT2D eigenvalue weighted by Gasteiger charge is 2.34. The monoisotopic (exact) mass is 622 g/mol. The third-order valence-electron chi connectivity index (χ3n) is 7.36. The van der Waals surface area contributed by atoms with E-state index in [-0.39, 0.29) is 11.6 Å². The number of nitrogens with zero attached hydrogens (tertiary/aromatic N) is 4. The highest BCUT2D eigenvalue weighted by Crippen LogP contribution is 2.47. The minimum Gasteiger partial charge on any atom is -0.317 e. The molecule has 0 bridgehead atoms. The lowest BCUT2D eigenvalue weighted by Gasteiger charge is -2.15. The SMILES string of the molecule is CCC1=C(c2cc3cccc(F)c3s2)N2CCN=C2S1.CCCC1=C(c2cc3cccc(F)c3s2)N2CCN=C2S1. The van der Waals surface area contributed by atoms with E-state index in [1.807, 2.05) is 12.1 Å². The number of amidine groups is 2. The Bertz CT molecular complexity index is 1800. The molecule has 4 aromatic rings. The molecular weight excluding hydrogens is 595 g/mol. The number of hydrogen-bond donors (Lipinski definition) is 0. The lowest BCUT2D eigenvalue weighted by atomic mass is 10.2. The molecule has 10 heteroatoms. The maximum atomic E-state index is 14.0. The van der Waals surface area contributed by atoms with Crippen molar-refractivity contribution in [3.63, 3.8) is 0 Å². The Balaban J connectivity index is 0.000000135. The Hall–Kier alpha value is -2.66. The van der Waals surface area contributed by atoms with Crippen LogP contribution in [0.3, 0.4) is 0 Å². The summed E-state index contributed by atoms with van der Waals surface area (Å²) in [4.78, 5) is 18.7. The van der Waals surface area contributed by atoms with Crippen molar-refractivity contribution in [1.82, 2.24) is 9.80 Å². The Kier molecular flexibility index (Phi) is 7.43. The van der Waals surface area contributed by atoms with E-state index in [2.05, 4.69) is 45.8 Å². The first-order valence-corrected chi connectivity index (χ1v) is 17.1. The van der Waals surface area contributed by atoms with Gasteiger partial charge < -0.3 is 9.80 Å². The summed E-state index contributed by atoms with van der Waals surface area (Å²) in [5.41, 5.74) is 2.51. The summed E-state index contributed by atoms with van der Waals surface area (Å²) in [6.07, 6.45) is 3.17. The third kappa shape index (κ3) is 4.82. The molecule has 0 spiro atoms. The van der Waals surface area contributed by atoms with Gasteiger partial charge in [0.05, 0.1) is 43.6 Å². The molecule has 8 rings (SSSR count). The predicted octanol–water partition coefficient (Wildman–Crippen LogP) is 9.46. The van der Waals surface area contributed by atoms with Crippen molar-refractivity contribution in [3.8, 4) is 0 Å². The Morgan fingerprint density at radius 1 is 0.732 bits per heavy atom. The zero-order chi connectivity index (χ0) is 28.1. The van der Waals surface area contributed by atoms with E-state index in [1.165, 1.54) is 33.3 Å². The maximum absolute atomic E-state index is 14.0. The molecule has 0 saturated heterocycles. The van der Waals surface area contributed by atoms with Gasteiger partial charge in [-0.25, -0.2) is 8.78 Å². The van der Waals surface area contributed by atoms with Gasteiger partial charge in [0.25, 0.3) is 0 Å². The van der Waals surface area contributed by atoms with Crippen molar-refractivity contribution < 1.29 is 8.78 Å². The maximum Gasteiger partial charge on any atom is 0.168 e. The Morgan fingerprint density at radius 3 is 1.73 bits per heavy atom. The van der Waals surface area contributed by atoms with Gasteiger partial charge in [0.15, 0.2) is 10.3 Å². The van der Waals surface area contributed by atoms with Gasteiger partial charge in [-0.15, -0.1) is 22.7 Å². The highest BCUT2D eigenvalue weighted by molar-refractivity contribution is 8.18. The van der Waals surface area contributed by atoms with Crippen LogP contribution in [0.2, 0.25) is 0 Å². The van der Waals surface area contributed by atoms with Crippen LogP contribution in [0, 0.1) is 11.6 Å². The van der Waals surface area contributed by atoms with E-state index in [4.69, 9.17) is 0 Å². The fourth-order valence-corrected chi connectivity index (χ4v) is 10.4. The first kappa shape index (κ1) is 27.2. The number of thiophene rings is 2. The van der Waals surface area contributed by atoms with Gasteiger partial charge >= 0.3 is 0 Å². The van der Waals surface area contributed by atoms with Crippen LogP contribution in [0.25, 0.3) is 31.6 Å². The molecule has 0 amide bonds. The molecule has 0 radical (unpaired) electrons. The number of allylic oxidation sites excluding steroid dienone is 2. The van der Waals surface area contributed by atoms with Crippen LogP contribution in [0.1, 0.15) is 42.9 Å². The minimum absolute atomic E-state index is 0.123. The molecule has 0 aliphatic carbocycles. The highest BCUT2D eigenvalue weighted by atomic mass is 32.2. The predicted molar refractivity (Wildman–Crippen MR) is 176 cm³/mol. The molecule has 2 aromatic carbocycles. The Morgan fingerprint density at radius 2 is 1.24 bits per heavy atom. The second-order valence-corrected chi connectivity index (χ2v) is 14.2. The molecule has 0 saturated carbocycles. The molecule has 210 valence electrons. The van der Waals surface area contributed by atoms with E-state index in [0.717, 1.165) is 85.7 Å². The summed E-state index contributed by atoms with van der Waals surface area (Å²) in [7, 11) is 0. The van der Waals surface area contributed by atoms with Gasteiger partial charge in [-0.05, 0) is 47.9 Å². The van der Waals surface area contributed by atoms with Crippen molar-refractivity contribution in [3.05, 3.63) is 79.7 Å². The van der Waals surface area contributed by atoms with Crippen LogP contribution in [0.15, 0.2) is 68.3 Å². The zero-order valence-electron chi connectivity index (χ0n) is 22.7. The van der Waals surface area contributed by atoms with Gasteiger partial charge in [0.1, 0.15) is 11.6 Å². The van der Waals surface area contributed by atoms with Crippen molar-refractivity contribution in [2.45, 2.75) is 33.1 Å². The number of aliphatic imine (C=N–C) groups is 2. The van der Waals surface area contributed by atoms with Crippen LogP contribution in [-0.4, -0.2) is 46.3 Å². The fraction of sp³-hybridized carbons (Fsp3) is 0.290. The van der Waals surface area contributed by atoms with Crippen LogP contribution < -0.4 is 0 Å². The number of benzene rings is 2. The van der Waals surface area contributed by atoms with E-state index >= 15 is 0 Å². The molecule has 0 unspecified atom stereocenters. The van der Waals surface area contributed by atoms with Gasteiger partial charge in [0.2, 0.25) is 0 Å². The van der Waals surface area contributed by atoms with Crippen molar-refractivity contribution >= 4 is 88.1 Å². The molecule has 2 aromatic heterocycles. The third-order valence-corrected chi connectivity index (χ3v) is 12.1. The van der Waals surface area contributed by atoms with E-state index in [1.54, 1.807) is 58.3 Å². The average molecular weight is 623 g/mol. The smallest absolute Gasteiger partial charge is 0.168 e. The van der Waals surface area contributed by atoms with Crippen molar-refractivity contribution in [2.24, 2.45) is 9.98 Å². The summed E-state index contributed by atoms with van der Waals surface area (Å²) in [6.45, 7) is 7.98. The van der Waals surface area contributed by atoms with Crippen LogP contribution in [0.5, 0.6) is 0 Å². The lowest BCUT2D eigenvalue weighted by molar-refractivity contribution is 0.641. The first-order chi connectivity index (χ1) is 20.1. The van der Waals surface area contributed by atoms with Crippen LogP contribution >= 0.6 is 46.2 Å². The molecule has 0 atom stereocenters. The summed E-state index contributed by atoms with van der Waals surface area (Å²) in [6, 6.07) is 14.8. The molecule has 4 aliphatic heterocycles. The van der Waals surface area contributed by atoms with Crippen LogP contribution in [-0.2, 0) is 0 Å². The summed E-state index contributed by atoms with van der Waals surface area (Å²) in [5.74, 6) is -0.249. The summed E-state index contributed by atoms with van der Waals surface area (Å²) >= 11 is 6.66. The van der Waals surface area contributed by atoms with Gasteiger partial charge in [-0.1, -0.05) is 68.1 Å². The summed E-state index contributed by atoms with van der Waals surface area (Å²) in [5, 5.41) is 4.21.